The predicted octanol–water partition coefficient (Wildman–Crippen LogP) is 1.17. The van der Waals surface area contributed by atoms with Crippen molar-refractivity contribution in [1.29, 1.82) is 0 Å². The SMILES string of the molecule is CC(C)OCC(=O)NCCc1ccccn1. The minimum absolute atomic E-state index is 0.0790. The quantitative estimate of drug-likeness (QED) is 0.786. The summed E-state index contributed by atoms with van der Waals surface area (Å²) in [6.45, 7) is 4.53. The Balaban J connectivity index is 2.13. The van der Waals surface area contributed by atoms with Gasteiger partial charge in [0.05, 0.1) is 6.10 Å². The van der Waals surface area contributed by atoms with Crippen molar-refractivity contribution in [1.82, 2.24) is 10.3 Å². The van der Waals surface area contributed by atoms with Crippen molar-refractivity contribution in [2.45, 2.75) is 26.4 Å². The molecule has 0 radical (unpaired) electrons. The zero-order chi connectivity index (χ0) is 11.8. The monoisotopic (exact) mass is 222 g/mol. The van der Waals surface area contributed by atoms with Crippen LogP contribution in [0, 0.1) is 0 Å². The van der Waals surface area contributed by atoms with Crippen LogP contribution in [0.3, 0.4) is 0 Å². The molecule has 1 rings (SSSR count). The summed E-state index contributed by atoms with van der Waals surface area (Å²) in [6.07, 6.45) is 2.58. The third-order valence-electron chi connectivity index (χ3n) is 1.98. The highest BCUT2D eigenvalue weighted by Crippen LogP contribution is 1.93. The van der Waals surface area contributed by atoms with Gasteiger partial charge in [-0.1, -0.05) is 6.07 Å². The smallest absolute Gasteiger partial charge is 0.246 e. The molecule has 0 aliphatic carbocycles. The van der Waals surface area contributed by atoms with E-state index in [0.29, 0.717) is 6.54 Å². The van der Waals surface area contributed by atoms with Gasteiger partial charge in [0.1, 0.15) is 6.61 Å². The molecule has 4 nitrogen and oxygen atoms in total. The molecule has 1 heterocycles. The first-order valence-electron chi connectivity index (χ1n) is 5.46. The lowest BCUT2D eigenvalue weighted by Gasteiger charge is -2.08. The molecule has 88 valence electrons. The van der Waals surface area contributed by atoms with E-state index < -0.39 is 0 Å². The van der Waals surface area contributed by atoms with Crippen LogP contribution in [0.1, 0.15) is 19.5 Å². The molecule has 0 unspecified atom stereocenters. The number of pyridine rings is 1. The molecule has 0 atom stereocenters. The number of carbonyl (C=O) groups is 1. The summed E-state index contributed by atoms with van der Waals surface area (Å²) in [5, 5.41) is 2.78. The molecule has 0 saturated carbocycles. The van der Waals surface area contributed by atoms with Crippen molar-refractivity contribution < 1.29 is 9.53 Å². The van der Waals surface area contributed by atoms with Gasteiger partial charge in [-0.25, -0.2) is 0 Å². The highest BCUT2D eigenvalue weighted by molar-refractivity contribution is 5.77. The lowest BCUT2D eigenvalue weighted by molar-refractivity contribution is -0.127. The van der Waals surface area contributed by atoms with Crippen LogP contribution < -0.4 is 5.32 Å². The Morgan fingerprint density at radius 2 is 2.31 bits per heavy atom. The Morgan fingerprint density at radius 1 is 1.50 bits per heavy atom. The number of rotatable bonds is 6. The van der Waals surface area contributed by atoms with E-state index in [-0.39, 0.29) is 18.6 Å². The molecule has 0 bridgehead atoms. The maximum Gasteiger partial charge on any atom is 0.246 e. The molecule has 0 saturated heterocycles. The Bertz CT molecular complexity index is 312. The van der Waals surface area contributed by atoms with Crippen molar-refractivity contribution in [3.8, 4) is 0 Å². The average Bonchev–Trinajstić information content (AvgIpc) is 2.28. The van der Waals surface area contributed by atoms with Crippen LogP contribution in [0.4, 0.5) is 0 Å². The largest absolute Gasteiger partial charge is 0.369 e. The molecule has 4 heteroatoms. The molecule has 1 amide bonds. The lowest BCUT2D eigenvalue weighted by Crippen LogP contribution is -2.30. The van der Waals surface area contributed by atoms with Crippen LogP contribution in [0.15, 0.2) is 24.4 Å². The third-order valence-corrected chi connectivity index (χ3v) is 1.98. The van der Waals surface area contributed by atoms with Crippen LogP contribution in [-0.4, -0.2) is 30.1 Å². The number of ether oxygens (including phenoxy) is 1. The van der Waals surface area contributed by atoms with E-state index in [1.165, 1.54) is 0 Å². The minimum Gasteiger partial charge on any atom is -0.369 e. The highest BCUT2D eigenvalue weighted by atomic mass is 16.5. The molecule has 0 fully saturated rings. The van der Waals surface area contributed by atoms with E-state index >= 15 is 0 Å². The van der Waals surface area contributed by atoms with Gasteiger partial charge in [0.15, 0.2) is 0 Å². The van der Waals surface area contributed by atoms with E-state index in [4.69, 9.17) is 4.74 Å². The summed E-state index contributed by atoms with van der Waals surface area (Å²) in [6, 6.07) is 5.75. The first-order valence-corrected chi connectivity index (χ1v) is 5.46. The van der Waals surface area contributed by atoms with Crippen LogP contribution in [0.2, 0.25) is 0 Å². The fourth-order valence-corrected chi connectivity index (χ4v) is 1.17. The normalized spacial score (nSPS) is 10.4. The molecular formula is C12H18N2O2. The molecule has 1 N–H and O–H groups in total. The zero-order valence-electron chi connectivity index (χ0n) is 9.77. The van der Waals surface area contributed by atoms with E-state index in [1.807, 2.05) is 32.0 Å². The number of amides is 1. The fourth-order valence-electron chi connectivity index (χ4n) is 1.17. The van der Waals surface area contributed by atoms with Crippen molar-refractivity contribution >= 4 is 5.91 Å². The Kier molecular flexibility index (Phi) is 5.50. The standard InChI is InChI=1S/C12H18N2O2/c1-10(2)16-9-12(15)14-8-6-11-5-3-4-7-13-11/h3-5,7,10H,6,8-9H2,1-2H3,(H,14,15). The van der Waals surface area contributed by atoms with Crippen molar-refractivity contribution in [2.75, 3.05) is 13.2 Å². The number of aromatic nitrogens is 1. The number of nitrogens with one attached hydrogen (secondary N) is 1. The molecular weight excluding hydrogens is 204 g/mol. The molecule has 1 aromatic rings. The van der Waals surface area contributed by atoms with E-state index in [0.717, 1.165) is 12.1 Å². The first kappa shape index (κ1) is 12.6. The second kappa shape index (κ2) is 6.95. The Hall–Kier alpha value is -1.42. The number of hydrogen-bond donors (Lipinski definition) is 1. The maximum atomic E-state index is 11.3. The van der Waals surface area contributed by atoms with Gasteiger partial charge in [-0.15, -0.1) is 0 Å². The summed E-state index contributed by atoms with van der Waals surface area (Å²) < 4.78 is 5.18. The second-order valence-corrected chi connectivity index (χ2v) is 3.78. The summed E-state index contributed by atoms with van der Waals surface area (Å²) in [4.78, 5) is 15.4. The van der Waals surface area contributed by atoms with Gasteiger partial charge in [0.2, 0.25) is 5.91 Å². The Morgan fingerprint density at radius 3 is 2.94 bits per heavy atom. The van der Waals surface area contributed by atoms with Crippen molar-refractivity contribution in [2.24, 2.45) is 0 Å². The molecule has 1 aromatic heterocycles. The third kappa shape index (κ3) is 5.46. The number of carbonyl (C=O) groups excluding carboxylic acids is 1. The van der Waals surface area contributed by atoms with Crippen molar-refractivity contribution in [3.63, 3.8) is 0 Å². The van der Waals surface area contributed by atoms with E-state index in [1.54, 1.807) is 6.20 Å². The van der Waals surface area contributed by atoms with E-state index in [9.17, 15) is 4.79 Å². The number of hydrogen-bond acceptors (Lipinski definition) is 3. The van der Waals surface area contributed by atoms with Gasteiger partial charge in [0, 0.05) is 24.9 Å². The summed E-state index contributed by atoms with van der Waals surface area (Å²) in [5.41, 5.74) is 0.979. The van der Waals surface area contributed by atoms with Crippen LogP contribution in [0.5, 0.6) is 0 Å². The molecule has 0 aliphatic heterocycles. The van der Waals surface area contributed by atoms with Gasteiger partial charge >= 0.3 is 0 Å². The Labute approximate surface area is 96.0 Å². The van der Waals surface area contributed by atoms with Gasteiger partial charge in [0.25, 0.3) is 0 Å². The van der Waals surface area contributed by atoms with Gasteiger partial charge in [-0.05, 0) is 26.0 Å². The fraction of sp³-hybridized carbons (Fsp3) is 0.500. The first-order chi connectivity index (χ1) is 7.68. The van der Waals surface area contributed by atoms with Crippen LogP contribution in [-0.2, 0) is 16.0 Å². The van der Waals surface area contributed by atoms with E-state index in [2.05, 4.69) is 10.3 Å². The summed E-state index contributed by atoms with van der Waals surface area (Å²) in [5.74, 6) is -0.0790. The summed E-state index contributed by atoms with van der Waals surface area (Å²) in [7, 11) is 0. The van der Waals surface area contributed by atoms with Gasteiger partial charge < -0.3 is 10.1 Å². The highest BCUT2D eigenvalue weighted by Gasteiger charge is 2.02. The van der Waals surface area contributed by atoms with Crippen molar-refractivity contribution in [3.05, 3.63) is 30.1 Å². The number of nitrogens with zero attached hydrogens (tertiary/aromatic N) is 1. The molecule has 0 aromatic carbocycles. The van der Waals surface area contributed by atoms with Gasteiger partial charge in [-0.3, -0.25) is 9.78 Å². The topological polar surface area (TPSA) is 51.2 Å². The lowest BCUT2D eigenvalue weighted by atomic mass is 10.3. The van der Waals surface area contributed by atoms with Crippen LogP contribution in [0.25, 0.3) is 0 Å². The summed E-state index contributed by atoms with van der Waals surface area (Å²) >= 11 is 0. The average molecular weight is 222 g/mol. The minimum atomic E-state index is -0.0790. The van der Waals surface area contributed by atoms with Crippen LogP contribution >= 0.6 is 0 Å². The molecule has 16 heavy (non-hydrogen) atoms. The zero-order valence-corrected chi connectivity index (χ0v) is 9.77. The second-order valence-electron chi connectivity index (χ2n) is 3.78. The molecule has 0 spiro atoms. The predicted molar refractivity (Wildman–Crippen MR) is 62.0 cm³/mol. The molecule has 0 aliphatic rings. The maximum absolute atomic E-state index is 11.3. The van der Waals surface area contributed by atoms with Gasteiger partial charge in [-0.2, -0.15) is 0 Å².